The second-order valence-corrected chi connectivity index (χ2v) is 5.33. The Labute approximate surface area is 103 Å². The van der Waals surface area contributed by atoms with Crippen molar-refractivity contribution in [3.8, 4) is 0 Å². The van der Waals surface area contributed by atoms with Gasteiger partial charge in [0.05, 0.1) is 0 Å². The van der Waals surface area contributed by atoms with Crippen LogP contribution in [0.3, 0.4) is 0 Å². The van der Waals surface area contributed by atoms with Gasteiger partial charge in [0.25, 0.3) is 0 Å². The molecule has 3 aliphatic rings. The number of fused-ring (bicyclic) bond motifs is 1. The zero-order valence-corrected chi connectivity index (χ0v) is 10.6. The third-order valence-corrected chi connectivity index (χ3v) is 4.08. The highest BCUT2D eigenvalue weighted by molar-refractivity contribution is 5.87. The van der Waals surface area contributed by atoms with Gasteiger partial charge in [-0.05, 0) is 19.3 Å². The summed E-state index contributed by atoms with van der Waals surface area (Å²) >= 11 is 0. The van der Waals surface area contributed by atoms with Crippen molar-refractivity contribution >= 4 is 5.84 Å². The van der Waals surface area contributed by atoms with E-state index in [1.54, 1.807) is 0 Å². The summed E-state index contributed by atoms with van der Waals surface area (Å²) in [6.45, 7) is 7.39. The van der Waals surface area contributed by atoms with Gasteiger partial charge in [0.1, 0.15) is 18.0 Å². The summed E-state index contributed by atoms with van der Waals surface area (Å²) in [5, 5.41) is 5.73. The van der Waals surface area contributed by atoms with Gasteiger partial charge >= 0.3 is 0 Å². The van der Waals surface area contributed by atoms with Crippen LogP contribution in [0.5, 0.6) is 0 Å². The second-order valence-electron chi connectivity index (χ2n) is 5.33. The molecule has 2 heterocycles. The molecule has 94 valence electrons. The van der Waals surface area contributed by atoms with Crippen molar-refractivity contribution in [2.45, 2.75) is 51.2 Å². The van der Waals surface area contributed by atoms with Gasteiger partial charge in [0.15, 0.2) is 0 Å². The average molecular weight is 234 g/mol. The lowest BCUT2D eigenvalue weighted by atomic mass is 10.1. The summed E-state index contributed by atoms with van der Waals surface area (Å²) in [6.07, 6.45) is 6.63. The van der Waals surface area contributed by atoms with Crippen molar-refractivity contribution in [1.82, 2.24) is 15.8 Å². The number of aliphatic imine (C=N–C) groups is 1. The van der Waals surface area contributed by atoms with Crippen LogP contribution in [-0.2, 0) is 0 Å². The first-order valence-electron chi connectivity index (χ1n) is 6.86. The van der Waals surface area contributed by atoms with Gasteiger partial charge in [-0.25, -0.2) is 10.4 Å². The monoisotopic (exact) mass is 234 g/mol. The van der Waals surface area contributed by atoms with E-state index in [0.29, 0.717) is 5.92 Å². The summed E-state index contributed by atoms with van der Waals surface area (Å²) in [4.78, 5) is 4.81. The van der Waals surface area contributed by atoms with Crippen molar-refractivity contribution in [3.63, 3.8) is 0 Å². The molecule has 2 atom stereocenters. The highest BCUT2D eigenvalue weighted by Gasteiger charge is 2.41. The van der Waals surface area contributed by atoms with Gasteiger partial charge in [-0.3, -0.25) is 0 Å². The van der Waals surface area contributed by atoms with Crippen molar-refractivity contribution in [2.75, 3.05) is 6.54 Å². The van der Waals surface area contributed by atoms with Crippen LogP contribution in [0.2, 0.25) is 0 Å². The topological polar surface area (TPSA) is 39.7 Å². The van der Waals surface area contributed by atoms with Crippen molar-refractivity contribution in [3.05, 3.63) is 12.3 Å². The summed E-state index contributed by atoms with van der Waals surface area (Å²) in [5.74, 6) is 1.90. The standard InChI is InChI=1S/C13H22N4/c1-3-8-17-9(2)11-13(16-17)15-12(14-11)10-6-4-5-7-10/h10-11,13,16H,2-8H2,1H3,(H,14,15). The second kappa shape index (κ2) is 4.33. The zero-order chi connectivity index (χ0) is 11.8. The van der Waals surface area contributed by atoms with Crippen LogP contribution < -0.4 is 10.7 Å². The predicted octanol–water partition coefficient (Wildman–Crippen LogP) is 1.62. The van der Waals surface area contributed by atoms with E-state index in [1.165, 1.54) is 31.5 Å². The average Bonchev–Trinajstić information content (AvgIpc) is 2.98. The number of rotatable bonds is 3. The maximum absolute atomic E-state index is 4.81. The fraction of sp³-hybridized carbons (Fsp3) is 0.769. The Morgan fingerprint density at radius 1 is 1.41 bits per heavy atom. The van der Waals surface area contributed by atoms with Crippen LogP contribution >= 0.6 is 0 Å². The normalized spacial score (nSPS) is 32.9. The van der Waals surface area contributed by atoms with Gasteiger partial charge < -0.3 is 10.3 Å². The molecule has 1 aliphatic carbocycles. The fourth-order valence-electron chi connectivity index (χ4n) is 3.13. The lowest BCUT2D eigenvalue weighted by molar-refractivity contribution is 0.274. The molecule has 1 saturated carbocycles. The SMILES string of the molecule is C=C1C2NC(C3CCCC3)=NC2NN1CCC. The minimum absolute atomic E-state index is 0.185. The van der Waals surface area contributed by atoms with Gasteiger partial charge in [0.2, 0.25) is 0 Å². The molecule has 2 N–H and O–H groups in total. The van der Waals surface area contributed by atoms with E-state index in [4.69, 9.17) is 4.99 Å². The molecule has 4 nitrogen and oxygen atoms in total. The van der Waals surface area contributed by atoms with E-state index in [2.05, 4.69) is 29.3 Å². The van der Waals surface area contributed by atoms with Gasteiger partial charge in [-0.1, -0.05) is 26.3 Å². The zero-order valence-electron chi connectivity index (χ0n) is 10.6. The molecule has 0 aromatic carbocycles. The van der Waals surface area contributed by atoms with E-state index in [1.807, 2.05) is 0 Å². The van der Waals surface area contributed by atoms with Gasteiger partial charge in [-0.2, -0.15) is 0 Å². The third kappa shape index (κ3) is 1.84. The summed E-state index contributed by atoms with van der Waals surface area (Å²) in [6, 6.07) is 0.289. The lowest BCUT2D eigenvalue weighted by Crippen LogP contribution is -2.36. The number of nitrogens with zero attached hydrogens (tertiary/aromatic N) is 2. The summed E-state index contributed by atoms with van der Waals surface area (Å²) in [5.41, 5.74) is 4.59. The molecule has 0 spiro atoms. The third-order valence-electron chi connectivity index (χ3n) is 4.08. The van der Waals surface area contributed by atoms with E-state index in [0.717, 1.165) is 18.7 Å². The smallest absolute Gasteiger partial charge is 0.144 e. The minimum atomic E-state index is 0.185. The lowest BCUT2D eigenvalue weighted by Gasteiger charge is -2.21. The van der Waals surface area contributed by atoms with E-state index in [9.17, 15) is 0 Å². The van der Waals surface area contributed by atoms with E-state index >= 15 is 0 Å². The Morgan fingerprint density at radius 3 is 2.82 bits per heavy atom. The van der Waals surface area contributed by atoms with Crippen LogP contribution in [0.4, 0.5) is 0 Å². The Kier molecular flexibility index (Phi) is 2.82. The molecule has 0 aromatic heterocycles. The molecule has 2 unspecified atom stereocenters. The molecule has 0 bridgehead atoms. The van der Waals surface area contributed by atoms with Crippen molar-refractivity contribution in [1.29, 1.82) is 0 Å². The van der Waals surface area contributed by atoms with E-state index < -0.39 is 0 Å². The fourth-order valence-corrected chi connectivity index (χ4v) is 3.13. The van der Waals surface area contributed by atoms with Gasteiger partial charge in [-0.15, -0.1) is 0 Å². The van der Waals surface area contributed by atoms with E-state index in [-0.39, 0.29) is 12.2 Å². The van der Waals surface area contributed by atoms with Crippen molar-refractivity contribution < 1.29 is 0 Å². The Balaban J connectivity index is 1.68. The Morgan fingerprint density at radius 2 is 2.18 bits per heavy atom. The summed E-state index contributed by atoms with van der Waals surface area (Å²) < 4.78 is 0. The molecule has 0 aromatic rings. The highest BCUT2D eigenvalue weighted by Crippen LogP contribution is 2.30. The maximum atomic E-state index is 4.81. The summed E-state index contributed by atoms with van der Waals surface area (Å²) in [7, 11) is 0. The van der Waals surface area contributed by atoms with Crippen LogP contribution in [0.25, 0.3) is 0 Å². The molecule has 3 rings (SSSR count). The Hall–Kier alpha value is -1.03. The predicted molar refractivity (Wildman–Crippen MR) is 69.4 cm³/mol. The van der Waals surface area contributed by atoms with Crippen LogP contribution in [0, 0.1) is 5.92 Å². The maximum Gasteiger partial charge on any atom is 0.144 e. The molecule has 0 amide bonds. The first-order chi connectivity index (χ1) is 8.29. The molecule has 0 radical (unpaired) electrons. The van der Waals surface area contributed by atoms with Gasteiger partial charge in [0, 0.05) is 18.2 Å². The number of hydrogen-bond donors (Lipinski definition) is 2. The molecule has 2 aliphatic heterocycles. The quantitative estimate of drug-likeness (QED) is 0.779. The molecule has 4 heteroatoms. The molecule has 1 saturated heterocycles. The minimum Gasteiger partial charge on any atom is -0.362 e. The first-order valence-corrected chi connectivity index (χ1v) is 6.86. The molecular weight excluding hydrogens is 212 g/mol. The number of nitrogens with one attached hydrogen (secondary N) is 2. The number of hydrazine groups is 1. The van der Waals surface area contributed by atoms with Crippen LogP contribution in [0.15, 0.2) is 17.3 Å². The van der Waals surface area contributed by atoms with Crippen LogP contribution in [-0.4, -0.2) is 29.6 Å². The Bertz CT molecular complexity index is 343. The largest absolute Gasteiger partial charge is 0.362 e. The number of hydrogen-bond acceptors (Lipinski definition) is 4. The highest BCUT2D eigenvalue weighted by atomic mass is 15.6. The molecular formula is C13H22N4. The van der Waals surface area contributed by atoms with Crippen LogP contribution in [0.1, 0.15) is 39.0 Å². The first kappa shape index (κ1) is 11.1. The number of amidine groups is 1. The molecule has 17 heavy (non-hydrogen) atoms. The molecule has 2 fully saturated rings. The van der Waals surface area contributed by atoms with Crippen molar-refractivity contribution in [2.24, 2.45) is 10.9 Å².